The van der Waals surface area contributed by atoms with Crippen LogP contribution in [0.1, 0.15) is 29.8 Å². The second-order valence-electron chi connectivity index (χ2n) is 3.28. The molecule has 1 rings (SSSR count). The van der Waals surface area contributed by atoms with Gasteiger partial charge in [-0.3, -0.25) is 4.79 Å². The smallest absolute Gasteiger partial charge is 0.406 e. The Bertz CT molecular complexity index is 397. The molecule has 0 aliphatic carbocycles. The molecule has 1 aromatic rings. The molecule has 88 valence electrons. The first-order valence-corrected chi connectivity index (χ1v) is 4.73. The van der Waals surface area contributed by atoms with E-state index in [2.05, 4.69) is 4.74 Å². The van der Waals surface area contributed by atoms with Crippen LogP contribution in [0.5, 0.6) is 5.75 Å². The zero-order valence-corrected chi connectivity index (χ0v) is 8.89. The Hall–Kier alpha value is -1.52. The Morgan fingerprint density at radius 2 is 2.00 bits per heavy atom. The quantitative estimate of drug-likeness (QED) is 0.747. The van der Waals surface area contributed by atoms with Gasteiger partial charge in [0, 0.05) is 5.56 Å². The fourth-order valence-electron chi connectivity index (χ4n) is 1.39. The molecule has 1 aromatic carbocycles. The van der Waals surface area contributed by atoms with Crippen molar-refractivity contribution in [2.45, 2.75) is 26.6 Å². The molecule has 5 heteroatoms. The van der Waals surface area contributed by atoms with Gasteiger partial charge < -0.3 is 4.74 Å². The number of rotatable bonds is 3. The number of Topliss-reactive ketones (excluding diaryl/α,β-unsaturated/α-hetero) is 1. The van der Waals surface area contributed by atoms with E-state index in [1.165, 1.54) is 19.1 Å². The van der Waals surface area contributed by atoms with Crippen molar-refractivity contribution in [1.82, 2.24) is 0 Å². The van der Waals surface area contributed by atoms with Gasteiger partial charge in [0.2, 0.25) is 0 Å². The molecule has 0 saturated carbocycles. The van der Waals surface area contributed by atoms with Gasteiger partial charge in [-0.1, -0.05) is 13.0 Å². The largest absolute Gasteiger partial charge is 0.573 e. The SMILES string of the molecule is CCc1ccc(OC(F)(F)F)cc1C(C)=O. The number of hydrogen-bond acceptors (Lipinski definition) is 2. The summed E-state index contributed by atoms with van der Waals surface area (Å²) >= 11 is 0. The third kappa shape index (κ3) is 3.25. The molecule has 0 fully saturated rings. The minimum Gasteiger partial charge on any atom is -0.406 e. The van der Waals surface area contributed by atoms with Crippen molar-refractivity contribution in [3.63, 3.8) is 0 Å². The van der Waals surface area contributed by atoms with Gasteiger partial charge in [0.15, 0.2) is 5.78 Å². The van der Waals surface area contributed by atoms with E-state index in [9.17, 15) is 18.0 Å². The molecule has 0 bridgehead atoms. The zero-order chi connectivity index (χ0) is 12.3. The van der Waals surface area contributed by atoms with Crippen LogP contribution in [0.25, 0.3) is 0 Å². The lowest BCUT2D eigenvalue weighted by atomic mass is 10.0. The van der Waals surface area contributed by atoms with Crippen LogP contribution in [0, 0.1) is 0 Å². The van der Waals surface area contributed by atoms with Crippen LogP contribution in [0.3, 0.4) is 0 Å². The molecule has 0 saturated heterocycles. The molecule has 0 spiro atoms. The number of ketones is 1. The Morgan fingerprint density at radius 3 is 2.44 bits per heavy atom. The lowest BCUT2D eigenvalue weighted by Gasteiger charge is -2.11. The standard InChI is InChI=1S/C11H11F3O2/c1-3-8-4-5-9(16-11(12,13)14)6-10(8)7(2)15/h4-6H,3H2,1-2H3. The number of alkyl halides is 3. The number of ether oxygens (including phenoxy) is 1. The van der Waals surface area contributed by atoms with Crippen molar-refractivity contribution < 1.29 is 22.7 Å². The van der Waals surface area contributed by atoms with E-state index in [1.807, 2.05) is 6.92 Å². The number of carbonyl (C=O) groups excluding carboxylic acids is 1. The van der Waals surface area contributed by atoms with E-state index in [4.69, 9.17) is 0 Å². The van der Waals surface area contributed by atoms with E-state index < -0.39 is 6.36 Å². The van der Waals surface area contributed by atoms with Crippen molar-refractivity contribution in [3.05, 3.63) is 29.3 Å². The van der Waals surface area contributed by atoms with E-state index in [0.29, 0.717) is 12.0 Å². The monoisotopic (exact) mass is 232 g/mol. The molecule has 0 heterocycles. The molecule has 0 aromatic heterocycles. The van der Waals surface area contributed by atoms with E-state index in [1.54, 1.807) is 0 Å². The van der Waals surface area contributed by atoms with Gasteiger partial charge in [0.05, 0.1) is 0 Å². The number of aryl methyl sites for hydroxylation is 1. The van der Waals surface area contributed by atoms with Gasteiger partial charge in [-0.05, 0) is 31.0 Å². The summed E-state index contributed by atoms with van der Waals surface area (Å²) in [5.74, 6) is -0.639. The van der Waals surface area contributed by atoms with Crippen LogP contribution >= 0.6 is 0 Å². The molecule has 16 heavy (non-hydrogen) atoms. The highest BCUT2D eigenvalue weighted by atomic mass is 19.4. The van der Waals surface area contributed by atoms with Crippen LogP contribution in [-0.2, 0) is 6.42 Å². The molecular formula is C11H11F3O2. The summed E-state index contributed by atoms with van der Waals surface area (Å²) in [7, 11) is 0. The van der Waals surface area contributed by atoms with Gasteiger partial charge in [0.1, 0.15) is 5.75 Å². The summed E-state index contributed by atoms with van der Waals surface area (Å²) in [5.41, 5.74) is 0.978. The first-order valence-electron chi connectivity index (χ1n) is 4.73. The van der Waals surface area contributed by atoms with Gasteiger partial charge in [0.25, 0.3) is 0 Å². The maximum absolute atomic E-state index is 11.9. The van der Waals surface area contributed by atoms with Gasteiger partial charge in [-0.2, -0.15) is 0 Å². The van der Waals surface area contributed by atoms with Crippen LogP contribution in [0.2, 0.25) is 0 Å². The average molecular weight is 232 g/mol. The van der Waals surface area contributed by atoms with Crippen LogP contribution in [0.4, 0.5) is 13.2 Å². The number of hydrogen-bond donors (Lipinski definition) is 0. The van der Waals surface area contributed by atoms with Gasteiger partial charge in [-0.25, -0.2) is 0 Å². The van der Waals surface area contributed by atoms with Crippen molar-refractivity contribution in [2.24, 2.45) is 0 Å². The summed E-state index contributed by atoms with van der Waals surface area (Å²) in [6.07, 6.45) is -4.15. The molecule has 0 radical (unpaired) electrons. The minimum absolute atomic E-state index is 0.268. The lowest BCUT2D eigenvalue weighted by molar-refractivity contribution is -0.274. The molecule has 0 N–H and O–H groups in total. The molecule has 2 nitrogen and oxygen atoms in total. The van der Waals surface area contributed by atoms with Crippen LogP contribution in [0.15, 0.2) is 18.2 Å². The second kappa shape index (κ2) is 4.55. The third-order valence-electron chi connectivity index (χ3n) is 2.08. The molecule has 0 aliphatic heterocycles. The highest BCUT2D eigenvalue weighted by molar-refractivity contribution is 5.96. The molecule has 0 atom stereocenters. The fraction of sp³-hybridized carbons (Fsp3) is 0.364. The summed E-state index contributed by atoms with van der Waals surface area (Å²) in [5, 5.41) is 0. The van der Waals surface area contributed by atoms with Crippen LogP contribution < -0.4 is 4.74 Å². The summed E-state index contributed by atoms with van der Waals surface area (Å²) in [4.78, 5) is 11.2. The first-order chi connectivity index (χ1) is 7.33. The average Bonchev–Trinajstić information content (AvgIpc) is 2.15. The number of benzene rings is 1. The van der Waals surface area contributed by atoms with Crippen LogP contribution in [-0.4, -0.2) is 12.1 Å². The Kier molecular flexibility index (Phi) is 3.57. The first kappa shape index (κ1) is 12.5. The Balaban J connectivity index is 3.07. The van der Waals surface area contributed by atoms with E-state index in [0.717, 1.165) is 6.07 Å². The van der Waals surface area contributed by atoms with Gasteiger partial charge in [-0.15, -0.1) is 13.2 Å². The second-order valence-corrected chi connectivity index (χ2v) is 3.28. The summed E-state index contributed by atoms with van der Waals surface area (Å²) < 4.78 is 39.6. The maximum atomic E-state index is 11.9. The highest BCUT2D eigenvalue weighted by Crippen LogP contribution is 2.25. The molecule has 0 amide bonds. The van der Waals surface area contributed by atoms with E-state index >= 15 is 0 Å². The lowest BCUT2D eigenvalue weighted by Crippen LogP contribution is -2.17. The third-order valence-corrected chi connectivity index (χ3v) is 2.08. The van der Waals surface area contributed by atoms with Gasteiger partial charge >= 0.3 is 6.36 Å². The molecule has 0 unspecified atom stereocenters. The fourth-order valence-corrected chi connectivity index (χ4v) is 1.39. The Labute approximate surface area is 91.0 Å². The number of halogens is 3. The topological polar surface area (TPSA) is 26.3 Å². The molecular weight excluding hydrogens is 221 g/mol. The summed E-state index contributed by atoms with van der Waals surface area (Å²) in [6, 6.07) is 3.80. The van der Waals surface area contributed by atoms with Crippen molar-refractivity contribution in [2.75, 3.05) is 0 Å². The summed E-state index contributed by atoms with van der Waals surface area (Å²) in [6.45, 7) is 3.14. The maximum Gasteiger partial charge on any atom is 0.573 e. The van der Waals surface area contributed by atoms with E-state index in [-0.39, 0.29) is 17.1 Å². The minimum atomic E-state index is -4.73. The zero-order valence-electron chi connectivity index (χ0n) is 8.89. The normalized spacial score (nSPS) is 11.3. The molecule has 0 aliphatic rings. The van der Waals surface area contributed by atoms with Crippen molar-refractivity contribution >= 4 is 5.78 Å². The van der Waals surface area contributed by atoms with Crippen molar-refractivity contribution in [1.29, 1.82) is 0 Å². The predicted molar refractivity (Wildman–Crippen MR) is 52.5 cm³/mol. The highest BCUT2D eigenvalue weighted by Gasteiger charge is 2.31. The number of carbonyl (C=O) groups is 1. The Morgan fingerprint density at radius 1 is 1.38 bits per heavy atom. The van der Waals surface area contributed by atoms with Crippen molar-refractivity contribution in [3.8, 4) is 5.75 Å². The predicted octanol–water partition coefficient (Wildman–Crippen LogP) is 3.35.